The van der Waals surface area contributed by atoms with Gasteiger partial charge in [0.1, 0.15) is 0 Å². The van der Waals surface area contributed by atoms with Gasteiger partial charge in [0, 0.05) is 6.07 Å². The highest BCUT2D eigenvalue weighted by molar-refractivity contribution is 5.12. The summed E-state index contributed by atoms with van der Waals surface area (Å²) in [6.07, 6.45) is -2.31. The molecule has 0 amide bonds. The van der Waals surface area contributed by atoms with Crippen molar-refractivity contribution in [3.63, 3.8) is 0 Å². The minimum Gasteiger partial charge on any atom is -0.619 e. The monoisotopic (exact) mass is 193 g/mol. The highest BCUT2D eigenvalue weighted by Crippen LogP contribution is 2.16. The molecule has 3 nitrogen and oxygen atoms in total. The van der Waals surface area contributed by atoms with Gasteiger partial charge in [-0.3, -0.25) is 0 Å². The van der Waals surface area contributed by atoms with Gasteiger partial charge >= 0.3 is 6.18 Å². The lowest BCUT2D eigenvalue weighted by molar-refractivity contribution is -0.605. The standard InChI is InChI=1S/C7H6F3NO2/c8-7(9,10)5-13-6-2-1-3-11(12)4-6/h1-4H,5H2. The van der Waals surface area contributed by atoms with Crippen molar-refractivity contribution in [2.24, 2.45) is 0 Å². The Balaban J connectivity index is 2.55. The molecule has 0 N–H and O–H groups in total. The van der Waals surface area contributed by atoms with Crippen LogP contribution in [0, 0.1) is 5.21 Å². The molecule has 0 bridgehead atoms. The maximum Gasteiger partial charge on any atom is 0.422 e. The van der Waals surface area contributed by atoms with Gasteiger partial charge in [-0.1, -0.05) is 0 Å². The number of alkyl halides is 3. The molecule has 0 aliphatic carbocycles. The van der Waals surface area contributed by atoms with Gasteiger partial charge < -0.3 is 9.94 Å². The second-order valence-electron chi connectivity index (χ2n) is 2.30. The fourth-order valence-electron chi connectivity index (χ4n) is 0.685. The fraction of sp³-hybridized carbons (Fsp3) is 0.286. The average molecular weight is 193 g/mol. The molecule has 0 aliphatic heterocycles. The summed E-state index contributed by atoms with van der Waals surface area (Å²) < 4.78 is 39.6. The van der Waals surface area contributed by atoms with Crippen molar-refractivity contribution >= 4 is 0 Å². The number of hydrogen-bond donors (Lipinski definition) is 0. The Morgan fingerprint density at radius 3 is 2.69 bits per heavy atom. The van der Waals surface area contributed by atoms with E-state index >= 15 is 0 Å². The van der Waals surface area contributed by atoms with Crippen LogP contribution in [0.25, 0.3) is 0 Å². The number of aromatic nitrogens is 1. The lowest BCUT2D eigenvalue weighted by Gasteiger charge is -2.07. The largest absolute Gasteiger partial charge is 0.619 e. The van der Waals surface area contributed by atoms with Crippen LogP contribution in [-0.4, -0.2) is 12.8 Å². The van der Waals surface area contributed by atoms with Gasteiger partial charge in [-0.05, 0) is 6.07 Å². The lowest BCUT2D eigenvalue weighted by atomic mass is 10.5. The molecule has 0 spiro atoms. The van der Waals surface area contributed by atoms with E-state index < -0.39 is 12.8 Å². The molecular formula is C7H6F3NO2. The van der Waals surface area contributed by atoms with Gasteiger partial charge in [0.15, 0.2) is 18.6 Å². The number of rotatable bonds is 2. The Morgan fingerprint density at radius 2 is 2.15 bits per heavy atom. The Hall–Kier alpha value is -1.46. The molecule has 0 radical (unpaired) electrons. The van der Waals surface area contributed by atoms with E-state index in [4.69, 9.17) is 0 Å². The number of nitrogens with zero attached hydrogens (tertiary/aromatic N) is 1. The average Bonchev–Trinajstić information content (AvgIpc) is 2.00. The Kier molecular flexibility index (Phi) is 2.60. The highest BCUT2D eigenvalue weighted by Gasteiger charge is 2.28. The van der Waals surface area contributed by atoms with Gasteiger partial charge in [-0.2, -0.15) is 17.9 Å². The summed E-state index contributed by atoms with van der Waals surface area (Å²) in [6, 6.07) is 2.58. The van der Waals surface area contributed by atoms with Crippen LogP contribution in [0.4, 0.5) is 13.2 Å². The molecule has 0 aromatic carbocycles. The van der Waals surface area contributed by atoms with Crippen LogP contribution in [0.5, 0.6) is 5.75 Å². The van der Waals surface area contributed by atoms with Gasteiger partial charge in [0.2, 0.25) is 6.20 Å². The number of halogens is 3. The highest BCUT2D eigenvalue weighted by atomic mass is 19.4. The summed E-state index contributed by atoms with van der Waals surface area (Å²) in [5.41, 5.74) is 0. The molecule has 0 unspecified atom stereocenters. The van der Waals surface area contributed by atoms with E-state index in [9.17, 15) is 18.4 Å². The van der Waals surface area contributed by atoms with Crippen molar-refractivity contribution in [1.29, 1.82) is 0 Å². The second-order valence-corrected chi connectivity index (χ2v) is 2.30. The quantitative estimate of drug-likeness (QED) is 0.523. The second kappa shape index (κ2) is 3.51. The summed E-state index contributed by atoms with van der Waals surface area (Å²) in [6.45, 7) is -1.39. The van der Waals surface area contributed by atoms with Gasteiger partial charge in [-0.25, -0.2) is 0 Å². The van der Waals surface area contributed by atoms with E-state index in [0.29, 0.717) is 4.73 Å². The first-order valence-corrected chi connectivity index (χ1v) is 3.36. The van der Waals surface area contributed by atoms with E-state index in [1.165, 1.54) is 12.1 Å². The van der Waals surface area contributed by atoms with Crippen LogP contribution in [0.1, 0.15) is 0 Å². The normalized spacial score (nSPS) is 11.3. The molecule has 1 heterocycles. The summed E-state index contributed by atoms with van der Waals surface area (Å²) in [5, 5.41) is 10.6. The summed E-state index contributed by atoms with van der Waals surface area (Å²) >= 11 is 0. The maximum absolute atomic E-state index is 11.6. The van der Waals surface area contributed by atoms with Gasteiger partial charge in [0.25, 0.3) is 0 Å². The maximum atomic E-state index is 11.6. The molecule has 0 saturated carbocycles. The molecule has 0 saturated heterocycles. The molecule has 1 rings (SSSR count). The topological polar surface area (TPSA) is 36.2 Å². The van der Waals surface area contributed by atoms with Crippen LogP contribution in [0.3, 0.4) is 0 Å². The van der Waals surface area contributed by atoms with Crippen LogP contribution in [-0.2, 0) is 0 Å². The lowest BCUT2D eigenvalue weighted by Crippen LogP contribution is -2.25. The van der Waals surface area contributed by atoms with E-state index in [1.807, 2.05) is 0 Å². The Labute approximate surface area is 71.9 Å². The first-order chi connectivity index (χ1) is 5.97. The molecule has 72 valence electrons. The minimum atomic E-state index is -4.39. The number of hydrogen-bond acceptors (Lipinski definition) is 2. The van der Waals surface area contributed by atoms with Crippen LogP contribution in [0.2, 0.25) is 0 Å². The zero-order valence-corrected chi connectivity index (χ0v) is 6.41. The zero-order valence-electron chi connectivity index (χ0n) is 6.41. The third kappa shape index (κ3) is 3.64. The first-order valence-electron chi connectivity index (χ1n) is 3.36. The van der Waals surface area contributed by atoms with Crippen molar-refractivity contribution in [2.75, 3.05) is 6.61 Å². The van der Waals surface area contributed by atoms with Gasteiger partial charge in [0.05, 0.1) is 0 Å². The van der Waals surface area contributed by atoms with E-state index in [2.05, 4.69) is 4.74 Å². The van der Waals surface area contributed by atoms with Crippen molar-refractivity contribution in [1.82, 2.24) is 0 Å². The molecule has 0 aliphatic rings. The summed E-state index contributed by atoms with van der Waals surface area (Å²) in [7, 11) is 0. The van der Waals surface area contributed by atoms with Crippen LogP contribution in [0.15, 0.2) is 24.5 Å². The van der Waals surface area contributed by atoms with Crippen molar-refractivity contribution in [2.45, 2.75) is 6.18 Å². The minimum absolute atomic E-state index is 0.102. The van der Waals surface area contributed by atoms with Crippen LogP contribution < -0.4 is 9.47 Å². The third-order valence-electron chi connectivity index (χ3n) is 1.15. The summed E-state index contributed by atoms with van der Waals surface area (Å²) in [4.78, 5) is 0. The third-order valence-corrected chi connectivity index (χ3v) is 1.15. The molecule has 0 atom stereocenters. The first kappa shape index (κ1) is 9.63. The predicted octanol–water partition coefficient (Wildman–Crippen LogP) is 1.26. The molecule has 1 aromatic heterocycles. The number of ether oxygens (including phenoxy) is 1. The molecule has 6 heteroatoms. The fourth-order valence-corrected chi connectivity index (χ4v) is 0.685. The van der Waals surface area contributed by atoms with Crippen molar-refractivity contribution < 1.29 is 22.6 Å². The molecule has 1 aromatic rings. The van der Waals surface area contributed by atoms with Crippen molar-refractivity contribution in [3.05, 3.63) is 29.7 Å². The molecule has 13 heavy (non-hydrogen) atoms. The number of pyridine rings is 1. The molecule has 0 fully saturated rings. The smallest absolute Gasteiger partial charge is 0.422 e. The SMILES string of the molecule is [O-][n+]1cccc(OCC(F)(F)F)c1. The van der Waals surface area contributed by atoms with E-state index in [1.54, 1.807) is 0 Å². The Morgan fingerprint density at radius 1 is 1.46 bits per heavy atom. The predicted molar refractivity (Wildman–Crippen MR) is 37.0 cm³/mol. The van der Waals surface area contributed by atoms with Gasteiger partial charge in [-0.15, -0.1) is 0 Å². The Bertz CT molecular complexity index is 287. The molecular weight excluding hydrogens is 187 g/mol. The van der Waals surface area contributed by atoms with E-state index in [0.717, 1.165) is 12.4 Å². The van der Waals surface area contributed by atoms with Crippen molar-refractivity contribution in [3.8, 4) is 5.75 Å². The van der Waals surface area contributed by atoms with Crippen LogP contribution >= 0.6 is 0 Å². The summed E-state index contributed by atoms with van der Waals surface area (Å²) in [5.74, 6) is -0.102. The van der Waals surface area contributed by atoms with E-state index in [-0.39, 0.29) is 5.75 Å². The zero-order chi connectivity index (χ0) is 9.90.